The number of carbonyl (C=O) groups is 1. The number of morpholine rings is 1. The second-order valence-corrected chi connectivity index (χ2v) is 9.45. The number of nitrogens with one attached hydrogen (secondary N) is 2. The average molecular weight is 484 g/mol. The van der Waals surface area contributed by atoms with Gasteiger partial charge in [0.1, 0.15) is 16.2 Å². The van der Waals surface area contributed by atoms with E-state index in [-0.39, 0.29) is 41.6 Å². The van der Waals surface area contributed by atoms with Crippen LogP contribution in [0.5, 0.6) is 5.75 Å². The standard InChI is InChI=1S/C24H25N3O6S/c1-2-33-21-11-8-18(16-22(21)34(30,31)27-12-14-32-15-13-27)25-23(28)19-9-10-20(26-24(19)29)17-6-4-3-5-7-17/h3-11,16H,2,12-15H2,1H3,(H,25,28)(H,26,29). The van der Waals surface area contributed by atoms with Gasteiger partial charge in [-0.15, -0.1) is 0 Å². The molecule has 1 aliphatic rings. The summed E-state index contributed by atoms with van der Waals surface area (Å²) in [6, 6.07) is 16.7. The largest absolute Gasteiger partial charge is 0.492 e. The van der Waals surface area contributed by atoms with Gasteiger partial charge in [-0.2, -0.15) is 4.31 Å². The van der Waals surface area contributed by atoms with Crippen molar-refractivity contribution in [1.82, 2.24) is 9.29 Å². The number of H-pyrrole nitrogens is 1. The number of hydrogen-bond donors (Lipinski definition) is 2. The van der Waals surface area contributed by atoms with Crippen LogP contribution in [-0.2, 0) is 14.8 Å². The van der Waals surface area contributed by atoms with Crippen LogP contribution in [0.15, 0.2) is 70.4 Å². The fourth-order valence-corrected chi connectivity index (χ4v) is 5.19. The Kier molecular flexibility index (Phi) is 7.11. The van der Waals surface area contributed by atoms with Crippen LogP contribution in [-0.4, -0.2) is 56.5 Å². The number of amides is 1. The van der Waals surface area contributed by atoms with Gasteiger partial charge in [0.15, 0.2) is 0 Å². The number of rotatable bonds is 7. The summed E-state index contributed by atoms with van der Waals surface area (Å²) in [5, 5.41) is 2.62. The number of ether oxygens (including phenoxy) is 2. The lowest BCUT2D eigenvalue weighted by Gasteiger charge is -2.27. The van der Waals surface area contributed by atoms with Gasteiger partial charge in [0.05, 0.1) is 19.8 Å². The summed E-state index contributed by atoms with van der Waals surface area (Å²) in [4.78, 5) is 28.0. The quantitative estimate of drug-likeness (QED) is 0.534. The highest BCUT2D eigenvalue weighted by molar-refractivity contribution is 7.89. The first-order valence-corrected chi connectivity index (χ1v) is 12.3. The fraction of sp³-hybridized carbons (Fsp3) is 0.250. The Morgan fingerprint density at radius 3 is 2.50 bits per heavy atom. The zero-order valence-corrected chi connectivity index (χ0v) is 19.4. The van der Waals surface area contributed by atoms with Gasteiger partial charge in [0.2, 0.25) is 10.0 Å². The van der Waals surface area contributed by atoms with Crippen molar-refractivity contribution in [2.45, 2.75) is 11.8 Å². The highest BCUT2D eigenvalue weighted by Gasteiger charge is 2.30. The van der Waals surface area contributed by atoms with Crippen molar-refractivity contribution in [2.24, 2.45) is 0 Å². The van der Waals surface area contributed by atoms with E-state index < -0.39 is 21.5 Å². The fourth-order valence-electron chi connectivity index (χ4n) is 3.63. The maximum atomic E-state index is 13.2. The van der Waals surface area contributed by atoms with Gasteiger partial charge in [-0.05, 0) is 42.8 Å². The molecule has 1 amide bonds. The van der Waals surface area contributed by atoms with Crippen molar-refractivity contribution in [2.75, 3.05) is 38.2 Å². The monoisotopic (exact) mass is 483 g/mol. The molecule has 2 aromatic carbocycles. The Labute approximate surface area is 197 Å². The lowest BCUT2D eigenvalue weighted by Crippen LogP contribution is -2.40. The number of pyridine rings is 1. The number of aromatic nitrogens is 1. The number of benzene rings is 2. The number of anilines is 1. The first-order chi connectivity index (χ1) is 16.4. The smallest absolute Gasteiger partial charge is 0.261 e. The summed E-state index contributed by atoms with van der Waals surface area (Å²) >= 11 is 0. The molecule has 0 atom stereocenters. The number of nitrogens with zero attached hydrogens (tertiary/aromatic N) is 1. The molecule has 1 aromatic heterocycles. The van der Waals surface area contributed by atoms with E-state index >= 15 is 0 Å². The van der Waals surface area contributed by atoms with Crippen molar-refractivity contribution < 1.29 is 22.7 Å². The molecule has 0 aliphatic carbocycles. The number of sulfonamides is 1. The molecule has 34 heavy (non-hydrogen) atoms. The van der Waals surface area contributed by atoms with Gasteiger partial charge in [-0.3, -0.25) is 9.59 Å². The van der Waals surface area contributed by atoms with E-state index in [2.05, 4.69) is 10.3 Å². The van der Waals surface area contributed by atoms with Crippen LogP contribution < -0.4 is 15.6 Å². The predicted octanol–water partition coefficient (Wildman–Crippen LogP) is 2.71. The molecule has 9 nitrogen and oxygen atoms in total. The third kappa shape index (κ3) is 5.04. The van der Waals surface area contributed by atoms with Crippen LogP contribution in [0.2, 0.25) is 0 Å². The molecule has 0 unspecified atom stereocenters. The zero-order chi connectivity index (χ0) is 24.1. The van der Waals surface area contributed by atoms with Gasteiger partial charge in [-0.1, -0.05) is 30.3 Å². The molecule has 10 heteroatoms. The Bertz CT molecular complexity index is 1330. The number of carbonyl (C=O) groups excluding carboxylic acids is 1. The van der Waals surface area contributed by atoms with Crippen molar-refractivity contribution in [3.8, 4) is 17.0 Å². The minimum atomic E-state index is -3.87. The van der Waals surface area contributed by atoms with E-state index in [9.17, 15) is 18.0 Å². The Hall–Kier alpha value is -3.47. The van der Waals surface area contributed by atoms with Gasteiger partial charge in [0.25, 0.3) is 11.5 Å². The summed E-state index contributed by atoms with van der Waals surface area (Å²) in [6.07, 6.45) is 0. The molecule has 0 radical (unpaired) electrons. The molecule has 178 valence electrons. The second kappa shape index (κ2) is 10.2. The molecular formula is C24H25N3O6S. The molecule has 1 aliphatic heterocycles. The summed E-state index contributed by atoms with van der Waals surface area (Å²) < 4.78 is 38.6. The minimum Gasteiger partial charge on any atom is -0.492 e. The minimum absolute atomic E-state index is 0.0533. The summed E-state index contributed by atoms with van der Waals surface area (Å²) in [5.74, 6) is -0.461. The van der Waals surface area contributed by atoms with Gasteiger partial charge in [0, 0.05) is 24.5 Å². The summed E-state index contributed by atoms with van der Waals surface area (Å²) in [5.41, 5.74) is 0.988. The summed E-state index contributed by atoms with van der Waals surface area (Å²) in [7, 11) is -3.87. The summed E-state index contributed by atoms with van der Waals surface area (Å²) in [6.45, 7) is 3.11. The van der Waals surface area contributed by atoms with Crippen LogP contribution in [0.25, 0.3) is 11.3 Å². The normalized spacial score (nSPS) is 14.5. The van der Waals surface area contributed by atoms with Crippen LogP contribution in [0.1, 0.15) is 17.3 Å². The maximum Gasteiger partial charge on any atom is 0.261 e. The predicted molar refractivity (Wildman–Crippen MR) is 128 cm³/mol. The highest BCUT2D eigenvalue weighted by Crippen LogP contribution is 2.30. The Morgan fingerprint density at radius 1 is 1.09 bits per heavy atom. The first-order valence-electron chi connectivity index (χ1n) is 10.8. The number of hydrogen-bond acceptors (Lipinski definition) is 6. The van der Waals surface area contributed by atoms with Crippen LogP contribution >= 0.6 is 0 Å². The SMILES string of the molecule is CCOc1ccc(NC(=O)c2ccc(-c3ccccc3)[nH]c2=O)cc1S(=O)(=O)N1CCOCC1. The van der Waals surface area contributed by atoms with Crippen LogP contribution in [0.4, 0.5) is 5.69 Å². The highest BCUT2D eigenvalue weighted by atomic mass is 32.2. The van der Waals surface area contributed by atoms with E-state index in [1.165, 1.54) is 28.6 Å². The van der Waals surface area contributed by atoms with Crippen molar-refractivity contribution >= 4 is 21.6 Å². The van der Waals surface area contributed by atoms with E-state index in [4.69, 9.17) is 9.47 Å². The Balaban J connectivity index is 1.61. The second-order valence-electron chi connectivity index (χ2n) is 7.55. The van der Waals surface area contributed by atoms with E-state index in [0.29, 0.717) is 18.9 Å². The molecule has 0 spiro atoms. The van der Waals surface area contributed by atoms with Gasteiger partial charge < -0.3 is 19.8 Å². The third-order valence-corrected chi connectivity index (χ3v) is 7.25. The molecular weight excluding hydrogens is 458 g/mol. The number of aromatic amines is 1. The van der Waals surface area contributed by atoms with E-state index in [1.807, 2.05) is 30.3 Å². The van der Waals surface area contributed by atoms with E-state index in [0.717, 1.165) is 5.56 Å². The third-order valence-electron chi connectivity index (χ3n) is 5.33. The molecule has 2 heterocycles. The van der Waals surface area contributed by atoms with Crippen molar-refractivity contribution in [1.29, 1.82) is 0 Å². The molecule has 0 saturated carbocycles. The van der Waals surface area contributed by atoms with Crippen LogP contribution in [0.3, 0.4) is 0 Å². The molecule has 3 aromatic rings. The Morgan fingerprint density at radius 2 is 1.82 bits per heavy atom. The first kappa shape index (κ1) is 23.7. The lowest BCUT2D eigenvalue weighted by molar-refractivity contribution is 0.0729. The molecule has 1 saturated heterocycles. The van der Waals surface area contributed by atoms with Gasteiger partial charge in [-0.25, -0.2) is 8.42 Å². The molecule has 0 bridgehead atoms. The topological polar surface area (TPSA) is 118 Å². The average Bonchev–Trinajstić information content (AvgIpc) is 2.86. The van der Waals surface area contributed by atoms with Gasteiger partial charge >= 0.3 is 0 Å². The van der Waals surface area contributed by atoms with Crippen LogP contribution in [0, 0.1) is 0 Å². The lowest BCUT2D eigenvalue weighted by atomic mass is 10.1. The molecule has 1 fully saturated rings. The maximum absolute atomic E-state index is 13.2. The molecule has 4 rings (SSSR count). The zero-order valence-electron chi connectivity index (χ0n) is 18.6. The molecule has 2 N–H and O–H groups in total. The van der Waals surface area contributed by atoms with E-state index in [1.54, 1.807) is 13.0 Å². The van der Waals surface area contributed by atoms with Crippen molar-refractivity contribution in [3.05, 3.63) is 76.6 Å². The van der Waals surface area contributed by atoms with Crippen molar-refractivity contribution in [3.63, 3.8) is 0 Å².